The third kappa shape index (κ3) is 3.97. The first kappa shape index (κ1) is 11.3. The van der Waals surface area contributed by atoms with E-state index in [-0.39, 0.29) is 0 Å². The van der Waals surface area contributed by atoms with Gasteiger partial charge in [0.1, 0.15) is 5.76 Å². The maximum absolute atomic E-state index is 5.35. The maximum Gasteiger partial charge on any atom is 0.105 e. The van der Waals surface area contributed by atoms with Crippen LogP contribution in [0.2, 0.25) is 0 Å². The molecule has 0 aliphatic rings. The zero-order chi connectivity index (χ0) is 10.2. The molecule has 1 aromatic heterocycles. The summed E-state index contributed by atoms with van der Waals surface area (Å²) in [5.41, 5.74) is 0. The molecule has 0 fully saturated rings. The predicted octanol–water partition coefficient (Wildman–Crippen LogP) is 2.99. The first-order valence-corrected chi connectivity index (χ1v) is 5.62. The molecule has 1 rings (SSSR count). The van der Waals surface area contributed by atoms with Crippen molar-refractivity contribution in [3.8, 4) is 0 Å². The Morgan fingerprint density at radius 3 is 2.79 bits per heavy atom. The fraction of sp³-hybridized carbons (Fsp3) is 0.667. The third-order valence-corrected chi connectivity index (χ3v) is 2.35. The molecular weight excluding hydrogens is 174 g/mol. The second kappa shape index (κ2) is 6.66. The lowest BCUT2D eigenvalue weighted by atomic mass is 10.1. The molecule has 0 aromatic carbocycles. The second-order valence-corrected chi connectivity index (χ2v) is 3.72. The molecule has 1 aromatic rings. The zero-order valence-electron chi connectivity index (χ0n) is 9.25. The number of hydrogen-bond acceptors (Lipinski definition) is 2. The highest BCUT2D eigenvalue weighted by Crippen LogP contribution is 2.08. The Kier molecular flexibility index (Phi) is 5.38. The van der Waals surface area contributed by atoms with Gasteiger partial charge in [-0.25, -0.2) is 0 Å². The number of furan rings is 1. The van der Waals surface area contributed by atoms with Crippen LogP contribution in [0, 0.1) is 0 Å². The molecular formula is C12H21NO. The third-order valence-electron chi connectivity index (χ3n) is 2.35. The summed E-state index contributed by atoms with van der Waals surface area (Å²) in [6.45, 7) is 5.52. The molecule has 0 amide bonds. The highest BCUT2D eigenvalue weighted by atomic mass is 16.3. The van der Waals surface area contributed by atoms with Crippen molar-refractivity contribution in [2.45, 2.75) is 45.6 Å². The van der Waals surface area contributed by atoms with Gasteiger partial charge in [-0.3, -0.25) is 0 Å². The Hall–Kier alpha value is -0.760. The van der Waals surface area contributed by atoms with Gasteiger partial charge < -0.3 is 9.73 Å². The van der Waals surface area contributed by atoms with E-state index in [1.807, 2.05) is 6.07 Å². The summed E-state index contributed by atoms with van der Waals surface area (Å²) in [6, 6.07) is 4.58. The van der Waals surface area contributed by atoms with E-state index in [0.717, 1.165) is 18.7 Å². The molecule has 1 unspecified atom stereocenters. The van der Waals surface area contributed by atoms with Gasteiger partial charge in [-0.05, 0) is 31.5 Å². The van der Waals surface area contributed by atoms with Gasteiger partial charge >= 0.3 is 0 Å². The first-order valence-electron chi connectivity index (χ1n) is 5.62. The monoisotopic (exact) mass is 195 g/mol. The van der Waals surface area contributed by atoms with Crippen molar-refractivity contribution in [2.24, 2.45) is 0 Å². The summed E-state index contributed by atoms with van der Waals surface area (Å²) in [6.07, 6.45) is 6.40. The van der Waals surface area contributed by atoms with Gasteiger partial charge in [0.25, 0.3) is 0 Å². The molecule has 14 heavy (non-hydrogen) atoms. The Morgan fingerprint density at radius 1 is 1.36 bits per heavy atom. The van der Waals surface area contributed by atoms with Crippen molar-refractivity contribution >= 4 is 0 Å². The second-order valence-electron chi connectivity index (χ2n) is 3.72. The molecule has 0 spiro atoms. The van der Waals surface area contributed by atoms with E-state index in [0.29, 0.717) is 6.04 Å². The number of rotatable bonds is 7. The molecule has 1 N–H and O–H groups in total. The fourth-order valence-electron chi connectivity index (χ4n) is 1.64. The normalized spacial score (nSPS) is 13.0. The Bertz CT molecular complexity index is 218. The molecule has 0 bridgehead atoms. The van der Waals surface area contributed by atoms with Crippen LogP contribution in [0.5, 0.6) is 0 Å². The van der Waals surface area contributed by atoms with Crippen molar-refractivity contribution < 1.29 is 4.42 Å². The van der Waals surface area contributed by atoms with E-state index < -0.39 is 0 Å². The van der Waals surface area contributed by atoms with Crippen LogP contribution in [0.4, 0.5) is 0 Å². The van der Waals surface area contributed by atoms with Crippen molar-refractivity contribution in [2.75, 3.05) is 6.54 Å². The quantitative estimate of drug-likeness (QED) is 0.723. The molecule has 0 saturated heterocycles. The minimum atomic E-state index is 0.575. The molecule has 0 saturated carbocycles. The lowest BCUT2D eigenvalue weighted by Gasteiger charge is -2.16. The first-order chi connectivity index (χ1) is 6.86. The van der Waals surface area contributed by atoms with Crippen LogP contribution in [0.3, 0.4) is 0 Å². The molecule has 2 nitrogen and oxygen atoms in total. The minimum absolute atomic E-state index is 0.575. The van der Waals surface area contributed by atoms with Crippen LogP contribution >= 0.6 is 0 Å². The summed E-state index contributed by atoms with van der Waals surface area (Å²) >= 11 is 0. The van der Waals surface area contributed by atoms with Crippen molar-refractivity contribution in [1.29, 1.82) is 0 Å². The number of hydrogen-bond donors (Lipinski definition) is 1. The average Bonchev–Trinajstić information content (AvgIpc) is 2.67. The Balaban J connectivity index is 2.34. The van der Waals surface area contributed by atoms with Gasteiger partial charge in [-0.15, -0.1) is 0 Å². The van der Waals surface area contributed by atoms with Crippen molar-refractivity contribution in [3.63, 3.8) is 0 Å². The largest absolute Gasteiger partial charge is 0.469 e. The van der Waals surface area contributed by atoms with E-state index in [2.05, 4.69) is 25.2 Å². The molecule has 0 aliphatic heterocycles. The van der Waals surface area contributed by atoms with Crippen molar-refractivity contribution in [1.82, 2.24) is 5.32 Å². The maximum atomic E-state index is 5.35. The van der Waals surface area contributed by atoms with Crippen LogP contribution < -0.4 is 5.32 Å². The summed E-state index contributed by atoms with van der Waals surface area (Å²) in [7, 11) is 0. The summed E-state index contributed by atoms with van der Waals surface area (Å²) in [5.74, 6) is 1.09. The van der Waals surface area contributed by atoms with Gasteiger partial charge in [0.2, 0.25) is 0 Å². The molecule has 1 heterocycles. The van der Waals surface area contributed by atoms with E-state index in [1.165, 1.54) is 19.3 Å². The van der Waals surface area contributed by atoms with Crippen LogP contribution in [-0.4, -0.2) is 12.6 Å². The van der Waals surface area contributed by atoms with Gasteiger partial charge in [0, 0.05) is 12.5 Å². The Morgan fingerprint density at radius 2 is 2.21 bits per heavy atom. The van der Waals surface area contributed by atoms with E-state index in [1.54, 1.807) is 6.26 Å². The van der Waals surface area contributed by atoms with E-state index >= 15 is 0 Å². The zero-order valence-corrected chi connectivity index (χ0v) is 9.25. The van der Waals surface area contributed by atoms with E-state index in [4.69, 9.17) is 4.42 Å². The highest BCUT2D eigenvalue weighted by Gasteiger charge is 2.08. The van der Waals surface area contributed by atoms with Gasteiger partial charge in [-0.2, -0.15) is 0 Å². The molecule has 2 heteroatoms. The van der Waals surface area contributed by atoms with E-state index in [9.17, 15) is 0 Å². The molecule has 0 radical (unpaired) electrons. The topological polar surface area (TPSA) is 25.2 Å². The molecule has 1 atom stereocenters. The van der Waals surface area contributed by atoms with Crippen LogP contribution in [-0.2, 0) is 6.42 Å². The molecule has 0 aliphatic carbocycles. The highest BCUT2D eigenvalue weighted by molar-refractivity contribution is 5.00. The Labute approximate surface area is 86.7 Å². The minimum Gasteiger partial charge on any atom is -0.469 e. The summed E-state index contributed by atoms with van der Waals surface area (Å²) in [5, 5.41) is 3.55. The van der Waals surface area contributed by atoms with Gasteiger partial charge in [0.15, 0.2) is 0 Å². The smallest absolute Gasteiger partial charge is 0.105 e. The molecule has 80 valence electrons. The fourth-order valence-corrected chi connectivity index (χ4v) is 1.64. The summed E-state index contributed by atoms with van der Waals surface area (Å²) in [4.78, 5) is 0. The lowest BCUT2D eigenvalue weighted by Crippen LogP contribution is -2.31. The van der Waals surface area contributed by atoms with Gasteiger partial charge in [-0.1, -0.05) is 20.3 Å². The van der Waals surface area contributed by atoms with Gasteiger partial charge in [0.05, 0.1) is 6.26 Å². The van der Waals surface area contributed by atoms with Crippen LogP contribution in [0.1, 0.15) is 38.9 Å². The number of nitrogens with one attached hydrogen (secondary N) is 1. The predicted molar refractivity (Wildman–Crippen MR) is 59.4 cm³/mol. The standard InChI is InChI=1S/C12H21NO/c1-3-6-11(13-8-4-2)10-12-7-5-9-14-12/h5,7,9,11,13H,3-4,6,8,10H2,1-2H3. The summed E-state index contributed by atoms with van der Waals surface area (Å²) < 4.78 is 5.35. The lowest BCUT2D eigenvalue weighted by molar-refractivity contribution is 0.421. The van der Waals surface area contributed by atoms with Crippen LogP contribution in [0.15, 0.2) is 22.8 Å². The van der Waals surface area contributed by atoms with Crippen LogP contribution in [0.25, 0.3) is 0 Å². The SMILES string of the molecule is CCCNC(CCC)Cc1ccco1. The average molecular weight is 195 g/mol. The van der Waals surface area contributed by atoms with Crippen molar-refractivity contribution in [3.05, 3.63) is 24.2 Å².